The predicted octanol–water partition coefficient (Wildman–Crippen LogP) is 1.91. The van der Waals surface area contributed by atoms with E-state index in [9.17, 15) is 0 Å². The zero-order valence-corrected chi connectivity index (χ0v) is 9.20. The molecular formula is C7H15NOSSi. The third-order valence-electron chi connectivity index (χ3n) is 1.61. The second-order valence-electron chi connectivity index (χ2n) is 2.98. The maximum Gasteiger partial charge on any atom is 0.244 e. The van der Waals surface area contributed by atoms with E-state index in [0.717, 1.165) is 18.9 Å². The lowest BCUT2D eigenvalue weighted by molar-refractivity contribution is 0.342. The number of nitrogens with zero attached hydrogens (tertiary/aromatic N) is 1. The molecule has 1 aliphatic rings. The first-order valence-electron chi connectivity index (χ1n) is 3.98. The Bertz CT molecular complexity index is 170. The minimum absolute atomic E-state index is 0.818. The Kier molecular flexibility index (Phi) is 3.15. The molecular weight excluding hydrogens is 174 g/mol. The van der Waals surface area contributed by atoms with Gasteiger partial charge in [-0.05, 0) is 20.0 Å². The lowest BCUT2D eigenvalue weighted by atomic mass is 10.8. The van der Waals surface area contributed by atoms with Crippen LogP contribution in [-0.2, 0) is 4.43 Å². The standard InChI is InChI=1S/C7H15NOSSi/c1-4-9-11(2,3)7-8-5-6-10-7/h4-6H2,1-3H3. The molecule has 0 bridgehead atoms. The molecule has 0 radical (unpaired) electrons. The number of hydrogen-bond donors (Lipinski definition) is 0. The van der Waals surface area contributed by atoms with Gasteiger partial charge in [0.05, 0.1) is 4.67 Å². The Hall–Kier alpha value is 0.197. The summed E-state index contributed by atoms with van der Waals surface area (Å²) in [4.78, 5) is 4.44. The summed E-state index contributed by atoms with van der Waals surface area (Å²) in [6, 6.07) is 0. The van der Waals surface area contributed by atoms with Crippen molar-refractivity contribution < 1.29 is 4.43 Å². The molecule has 0 saturated carbocycles. The second-order valence-corrected chi connectivity index (χ2v) is 8.21. The lowest BCUT2D eigenvalue weighted by Gasteiger charge is -2.20. The molecule has 64 valence electrons. The highest BCUT2D eigenvalue weighted by Crippen LogP contribution is 2.21. The van der Waals surface area contributed by atoms with Crippen molar-refractivity contribution >= 4 is 24.7 Å². The van der Waals surface area contributed by atoms with Crippen LogP contribution in [0.2, 0.25) is 13.1 Å². The van der Waals surface area contributed by atoms with Crippen LogP contribution in [0.1, 0.15) is 6.92 Å². The van der Waals surface area contributed by atoms with Gasteiger partial charge < -0.3 is 4.43 Å². The molecule has 0 N–H and O–H groups in total. The van der Waals surface area contributed by atoms with Crippen molar-refractivity contribution in [1.29, 1.82) is 0 Å². The Morgan fingerprint density at radius 2 is 2.36 bits per heavy atom. The van der Waals surface area contributed by atoms with Gasteiger partial charge in [-0.1, -0.05) is 0 Å². The second kappa shape index (κ2) is 3.73. The molecule has 0 aromatic rings. The number of rotatable bonds is 3. The third-order valence-corrected chi connectivity index (χ3v) is 6.50. The van der Waals surface area contributed by atoms with Crippen LogP contribution < -0.4 is 0 Å². The van der Waals surface area contributed by atoms with Gasteiger partial charge in [0.25, 0.3) is 0 Å². The van der Waals surface area contributed by atoms with E-state index in [0.29, 0.717) is 0 Å². The van der Waals surface area contributed by atoms with Crippen molar-refractivity contribution in [1.82, 2.24) is 0 Å². The fourth-order valence-corrected chi connectivity index (χ4v) is 4.89. The van der Waals surface area contributed by atoms with Gasteiger partial charge in [-0.25, -0.2) is 0 Å². The van der Waals surface area contributed by atoms with Crippen molar-refractivity contribution in [2.45, 2.75) is 20.0 Å². The third kappa shape index (κ3) is 2.32. The molecule has 11 heavy (non-hydrogen) atoms. The summed E-state index contributed by atoms with van der Waals surface area (Å²) >= 11 is 1.88. The fraction of sp³-hybridized carbons (Fsp3) is 0.857. The van der Waals surface area contributed by atoms with Crippen molar-refractivity contribution in [3.05, 3.63) is 0 Å². The fourth-order valence-electron chi connectivity index (χ4n) is 1.12. The topological polar surface area (TPSA) is 21.6 Å². The van der Waals surface area contributed by atoms with Gasteiger partial charge in [0, 0.05) is 18.9 Å². The molecule has 4 heteroatoms. The highest BCUT2D eigenvalue weighted by Gasteiger charge is 2.31. The van der Waals surface area contributed by atoms with Crippen molar-refractivity contribution in [3.63, 3.8) is 0 Å². The highest BCUT2D eigenvalue weighted by molar-refractivity contribution is 8.18. The van der Waals surface area contributed by atoms with Crippen LogP contribution in [0, 0.1) is 0 Å². The summed E-state index contributed by atoms with van der Waals surface area (Å²) < 4.78 is 6.99. The van der Waals surface area contributed by atoms with Gasteiger partial charge in [0.2, 0.25) is 8.32 Å². The Labute approximate surface area is 73.6 Å². The van der Waals surface area contributed by atoms with E-state index in [2.05, 4.69) is 25.0 Å². The Balaban J connectivity index is 2.55. The van der Waals surface area contributed by atoms with E-state index >= 15 is 0 Å². The van der Waals surface area contributed by atoms with E-state index in [1.165, 1.54) is 4.67 Å². The first-order chi connectivity index (χ1) is 5.17. The highest BCUT2D eigenvalue weighted by atomic mass is 32.2. The summed E-state index contributed by atoms with van der Waals surface area (Å²) in [5.74, 6) is 1.15. The SMILES string of the molecule is CCO[Si](C)(C)C1=NCCS1. The first-order valence-corrected chi connectivity index (χ1v) is 7.88. The molecule has 0 fully saturated rings. The van der Waals surface area contributed by atoms with Crippen molar-refractivity contribution in [3.8, 4) is 0 Å². The van der Waals surface area contributed by atoms with Crippen LogP contribution in [0.25, 0.3) is 0 Å². The van der Waals surface area contributed by atoms with Crippen LogP contribution in [0.5, 0.6) is 0 Å². The molecule has 0 aromatic carbocycles. The van der Waals surface area contributed by atoms with Crippen molar-refractivity contribution in [2.75, 3.05) is 18.9 Å². The summed E-state index contributed by atoms with van der Waals surface area (Å²) in [5.41, 5.74) is 0. The molecule has 2 nitrogen and oxygen atoms in total. The maximum atomic E-state index is 5.70. The van der Waals surface area contributed by atoms with E-state index < -0.39 is 8.32 Å². The summed E-state index contributed by atoms with van der Waals surface area (Å²) in [6.07, 6.45) is 0. The molecule has 0 unspecified atom stereocenters. The smallest absolute Gasteiger partial charge is 0.244 e. The summed E-state index contributed by atoms with van der Waals surface area (Å²) in [7, 11) is -1.56. The molecule has 1 rings (SSSR count). The van der Waals surface area contributed by atoms with Crippen molar-refractivity contribution in [2.24, 2.45) is 4.99 Å². The summed E-state index contributed by atoms with van der Waals surface area (Å²) in [5, 5.41) is 0. The quantitative estimate of drug-likeness (QED) is 0.633. The van der Waals surface area contributed by atoms with E-state index in [1.54, 1.807) is 0 Å². The van der Waals surface area contributed by atoms with Gasteiger partial charge >= 0.3 is 0 Å². The minimum atomic E-state index is -1.56. The van der Waals surface area contributed by atoms with Crippen LogP contribution in [0.4, 0.5) is 0 Å². The van der Waals surface area contributed by atoms with Crippen LogP contribution >= 0.6 is 11.8 Å². The monoisotopic (exact) mass is 189 g/mol. The zero-order valence-electron chi connectivity index (χ0n) is 7.39. The first kappa shape index (κ1) is 9.29. The molecule has 1 heterocycles. The average Bonchev–Trinajstić information content (AvgIpc) is 2.37. The Morgan fingerprint density at radius 1 is 1.64 bits per heavy atom. The van der Waals surface area contributed by atoms with Gasteiger partial charge in [0.15, 0.2) is 0 Å². The molecule has 0 atom stereocenters. The largest absolute Gasteiger partial charge is 0.411 e. The number of aliphatic imine (C=N–C) groups is 1. The zero-order chi connectivity index (χ0) is 8.32. The summed E-state index contributed by atoms with van der Waals surface area (Å²) in [6.45, 7) is 8.29. The number of thioether (sulfide) groups is 1. The van der Waals surface area contributed by atoms with Crippen LogP contribution in [0.15, 0.2) is 4.99 Å². The number of hydrogen-bond acceptors (Lipinski definition) is 3. The minimum Gasteiger partial charge on any atom is -0.411 e. The molecule has 0 saturated heterocycles. The normalized spacial score (nSPS) is 18.6. The van der Waals surface area contributed by atoms with Gasteiger partial charge in [-0.3, -0.25) is 4.99 Å². The van der Waals surface area contributed by atoms with Crippen LogP contribution in [-0.4, -0.2) is 31.9 Å². The molecule has 0 aromatic heterocycles. The van der Waals surface area contributed by atoms with Crippen LogP contribution in [0.3, 0.4) is 0 Å². The maximum absolute atomic E-state index is 5.70. The van der Waals surface area contributed by atoms with E-state index in [-0.39, 0.29) is 0 Å². The molecule has 0 aliphatic carbocycles. The van der Waals surface area contributed by atoms with Gasteiger partial charge in [0.1, 0.15) is 0 Å². The molecule has 1 aliphatic heterocycles. The molecule has 0 spiro atoms. The van der Waals surface area contributed by atoms with Gasteiger partial charge in [-0.2, -0.15) is 0 Å². The van der Waals surface area contributed by atoms with E-state index in [4.69, 9.17) is 4.43 Å². The Morgan fingerprint density at radius 3 is 2.82 bits per heavy atom. The predicted molar refractivity (Wildman–Crippen MR) is 53.9 cm³/mol. The van der Waals surface area contributed by atoms with E-state index in [1.807, 2.05) is 11.8 Å². The molecule has 0 amide bonds. The van der Waals surface area contributed by atoms with Gasteiger partial charge in [-0.15, -0.1) is 11.8 Å². The lowest BCUT2D eigenvalue weighted by Crippen LogP contribution is -2.38. The average molecular weight is 189 g/mol.